The monoisotopic (exact) mass is 132 g/mol. The summed E-state index contributed by atoms with van der Waals surface area (Å²) in [5.41, 5.74) is 0. The molecule has 2 heteroatoms. The number of halogens is 2. The Labute approximate surface area is 52.6 Å². The normalized spacial score (nSPS) is 27.8. The third-order valence-electron chi connectivity index (χ3n) is 1.03. The van der Waals surface area contributed by atoms with E-state index in [2.05, 4.69) is 0 Å². The molecule has 0 radical (unpaired) electrons. The highest BCUT2D eigenvalue weighted by Crippen LogP contribution is 2.18. The highest BCUT2D eigenvalue weighted by atomic mass is 35.5. The Kier molecular flexibility index (Phi) is 1.69. The summed E-state index contributed by atoms with van der Waals surface area (Å²) in [6, 6.07) is 0. The average molecular weight is 133 g/mol. The van der Waals surface area contributed by atoms with Crippen LogP contribution in [0.3, 0.4) is 0 Å². The number of alkyl halides is 1. The molecule has 0 aromatic rings. The molecule has 0 aromatic carbocycles. The number of allylic oxidation sites excluding steroid dienone is 4. The van der Waals surface area contributed by atoms with Crippen molar-refractivity contribution in [3.8, 4) is 0 Å². The second kappa shape index (κ2) is 2.31. The van der Waals surface area contributed by atoms with E-state index in [1.165, 1.54) is 0 Å². The fraction of sp³-hybridized carbons (Fsp3) is 0.333. The van der Waals surface area contributed by atoms with Crippen LogP contribution in [0.1, 0.15) is 6.42 Å². The van der Waals surface area contributed by atoms with Crippen molar-refractivity contribution in [3.63, 3.8) is 0 Å². The van der Waals surface area contributed by atoms with Crippen LogP contribution in [0.4, 0.5) is 4.39 Å². The van der Waals surface area contributed by atoms with Gasteiger partial charge in [0.05, 0.1) is 5.03 Å². The fourth-order valence-corrected chi connectivity index (χ4v) is 0.737. The van der Waals surface area contributed by atoms with Crippen LogP contribution < -0.4 is 0 Å². The van der Waals surface area contributed by atoms with Gasteiger partial charge in [-0.25, -0.2) is 4.39 Å². The van der Waals surface area contributed by atoms with E-state index in [0.717, 1.165) is 0 Å². The molecule has 0 heterocycles. The first kappa shape index (κ1) is 5.83. The van der Waals surface area contributed by atoms with Crippen LogP contribution >= 0.6 is 11.6 Å². The molecule has 0 nitrogen and oxygen atoms in total. The van der Waals surface area contributed by atoms with E-state index >= 15 is 0 Å². The number of hydrogen-bond acceptors (Lipinski definition) is 0. The smallest absolute Gasteiger partial charge is 0.139 e. The maximum atomic E-state index is 12.3. The van der Waals surface area contributed by atoms with Gasteiger partial charge in [-0.3, -0.25) is 0 Å². The summed E-state index contributed by atoms with van der Waals surface area (Å²) in [6.07, 6.45) is 4.57. The lowest BCUT2D eigenvalue weighted by atomic mass is 10.2. The van der Waals surface area contributed by atoms with E-state index in [9.17, 15) is 4.39 Å². The van der Waals surface area contributed by atoms with E-state index < -0.39 is 6.17 Å². The van der Waals surface area contributed by atoms with Crippen LogP contribution in [0.2, 0.25) is 0 Å². The Morgan fingerprint density at radius 1 is 1.75 bits per heavy atom. The molecular weight excluding hydrogens is 127 g/mol. The maximum Gasteiger partial charge on any atom is 0.139 e. The van der Waals surface area contributed by atoms with Gasteiger partial charge in [-0.2, -0.15) is 0 Å². The summed E-state index contributed by atoms with van der Waals surface area (Å²) >= 11 is 5.40. The van der Waals surface area contributed by atoms with E-state index in [4.69, 9.17) is 11.6 Å². The second-order valence-corrected chi connectivity index (χ2v) is 2.12. The average Bonchev–Trinajstić information content (AvgIpc) is 1.77. The largest absolute Gasteiger partial charge is 0.241 e. The quantitative estimate of drug-likeness (QED) is 0.475. The van der Waals surface area contributed by atoms with Gasteiger partial charge in [-0.05, 0) is 6.08 Å². The van der Waals surface area contributed by atoms with Gasteiger partial charge in [0.15, 0.2) is 0 Å². The minimum atomic E-state index is -0.957. The lowest BCUT2D eigenvalue weighted by Crippen LogP contribution is -1.99. The zero-order valence-electron chi connectivity index (χ0n) is 4.27. The molecule has 0 aromatic heterocycles. The topological polar surface area (TPSA) is 0 Å². The Bertz CT molecular complexity index is 137. The summed E-state index contributed by atoms with van der Waals surface area (Å²) in [6.45, 7) is 0. The van der Waals surface area contributed by atoms with Gasteiger partial charge in [0, 0.05) is 6.42 Å². The SMILES string of the molecule is FC1CC=CC=C1Cl. The van der Waals surface area contributed by atoms with Crippen LogP contribution in [0.5, 0.6) is 0 Å². The Balaban J connectivity index is 2.66. The molecule has 44 valence electrons. The summed E-state index contributed by atoms with van der Waals surface area (Å²) in [5.74, 6) is 0. The fourth-order valence-electron chi connectivity index (χ4n) is 0.575. The van der Waals surface area contributed by atoms with Crippen LogP contribution in [0, 0.1) is 0 Å². The second-order valence-electron chi connectivity index (χ2n) is 1.68. The zero-order chi connectivity index (χ0) is 5.98. The predicted molar refractivity (Wildman–Crippen MR) is 32.6 cm³/mol. The molecule has 0 bridgehead atoms. The minimum absolute atomic E-state index is 0.313. The van der Waals surface area contributed by atoms with E-state index in [-0.39, 0.29) is 0 Å². The molecule has 0 spiro atoms. The third kappa shape index (κ3) is 1.10. The van der Waals surface area contributed by atoms with E-state index in [0.29, 0.717) is 11.5 Å². The molecule has 1 aliphatic rings. The molecular formula is C6H6ClF. The van der Waals surface area contributed by atoms with E-state index in [1.54, 1.807) is 18.2 Å². The number of rotatable bonds is 0. The first-order chi connectivity index (χ1) is 3.80. The van der Waals surface area contributed by atoms with Crippen LogP contribution in [-0.4, -0.2) is 6.17 Å². The number of hydrogen-bond donors (Lipinski definition) is 0. The van der Waals surface area contributed by atoms with Crippen LogP contribution in [0.15, 0.2) is 23.3 Å². The summed E-state index contributed by atoms with van der Waals surface area (Å²) in [7, 11) is 0. The van der Waals surface area contributed by atoms with Crippen molar-refractivity contribution in [1.82, 2.24) is 0 Å². The van der Waals surface area contributed by atoms with Gasteiger partial charge < -0.3 is 0 Å². The van der Waals surface area contributed by atoms with Gasteiger partial charge in [-0.15, -0.1) is 0 Å². The zero-order valence-corrected chi connectivity index (χ0v) is 5.03. The van der Waals surface area contributed by atoms with Gasteiger partial charge >= 0.3 is 0 Å². The molecule has 8 heavy (non-hydrogen) atoms. The molecule has 0 fully saturated rings. The van der Waals surface area contributed by atoms with Crippen molar-refractivity contribution in [3.05, 3.63) is 23.3 Å². The summed E-state index contributed by atoms with van der Waals surface area (Å²) in [5, 5.41) is 0.313. The van der Waals surface area contributed by atoms with Crippen molar-refractivity contribution >= 4 is 11.6 Å². The third-order valence-corrected chi connectivity index (χ3v) is 1.40. The maximum absolute atomic E-state index is 12.3. The Hall–Kier alpha value is -0.300. The highest BCUT2D eigenvalue weighted by molar-refractivity contribution is 6.30. The van der Waals surface area contributed by atoms with Crippen molar-refractivity contribution in [2.24, 2.45) is 0 Å². The lowest BCUT2D eigenvalue weighted by Gasteiger charge is -2.05. The first-order valence-electron chi connectivity index (χ1n) is 2.47. The van der Waals surface area contributed by atoms with Gasteiger partial charge in [0.25, 0.3) is 0 Å². The van der Waals surface area contributed by atoms with Crippen LogP contribution in [-0.2, 0) is 0 Å². The molecule has 0 saturated heterocycles. The van der Waals surface area contributed by atoms with Gasteiger partial charge in [-0.1, -0.05) is 23.8 Å². The Morgan fingerprint density at radius 3 is 2.88 bits per heavy atom. The molecule has 0 N–H and O–H groups in total. The Morgan fingerprint density at radius 2 is 2.50 bits per heavy atom. The standard InChI is InChI=1S/C6H6ClF/c7-5-3-1-2-4-6(5)8/h1-3,6H,4H2. The molecule has 1 aliphatic carbocycles. The van der Waals surface area contributed by atoms with Crippen molar-refractivity contribution in [2.75, 3.05) is 0 Å². The van der Waals surface area contributed by atoms with Crippen molar-refractivity contribution in [2.45, 2.75) is 12.6 Å². The van der Waals surface area contributed by atoms with Crippen LogP contribution in [0.25, 0.3) is 0 Å². The first-order valence-corrected chi connectivity index (χ1v) is 2.85. The molecule has 1 rings (SSSR count). The molecule has 0 amide bonds. The summed E-state index contributed by atoms with van der Waals surface area (Å²) < 4.78 is 12.3. The minimum Gasteiger partial charge on any atom is -0.241 e. The molecule has 1 atom stereocenters. The highest BCUT2D eigenvalue weighted by Gasteiger charge is 2.09. The lowest BCUT2D eigenvalue weighted by molar-refractivity contribution is 0.395. The van der Waals surface area contributed by atoms with Gasteiger partial charge in [0.2, 0.25) is 0 Å². The van der Waals surface area contributed by atoms with Gasteiger partial charge in [0.1, 0.15) is 6.17 Å². The molecule has 0 saturated carbocycles. The molecule has 1 unspecified atom stereocenters. The van der Waals surface area contributed by atoms with Crippen molar-refractivity contribution in [1.29, 1.82) is 0 Å². The predicted octanol–water partition coefficient (Wildman–Crippen LogP) is 2.41. The molecule has 0 aliphatic heterocycles. The summed E-state index contributed by atoms with van der Waals surface area (Å²) in [4.78, 5) is 0. The van der Waals surface area contributed by atoms with E-state index in [1.807, 2.05) is 0 Å². The van der Waals surface area contributed by atoms with Crippen molar-refractivity contribution < 1.29 is 4.39 Å².